The Bertz CT molecular complexity index is 776. The molecule has 3 nitrogen and oxygen atoms in total. The molecule has 0 fully saturated rings. The van der Waals surface area contributed by atoms with Gasteiger partial charge in [-0.15, -0.1) is 11.3 Å². The lowest BCUT2D eigenvalue weighted by Gasteiger charge is -1.98. The molecule has 1 N–H and O–H groups in total. The summed E-state index contributed by atoms with van der Waals surface area (Å²) >= 11 is 1.62. The average Bonchev–Trinajstić information content (AvgIpc) is 2.90. The predicted octanol–water partition coefficient (Wildman–Crippen LogP) is 4.48. The fourth-order valence-corrected chi connectivity index (χ4v) is 3.08. The molecule has 21 heavy (non-hydrogen) atoms. The Morgan fingerprint density at radius 1 is 1.00 bits per heavy atom. The van der Waals surface area contributed by atoms with Crippen LogP contribution in [0.1, 0.15) is 15.2 Å². The molecule has 3 rings (SSSR count). The number of hydrogen-bond acceptors (Lipinski definition) is 3. The van der Waals surface area contributed by atoms with E-state index < -0.39 is 5.97 Å². The second-order valence-corrected chi connectivity index (χ2v) is 5.88. The van der Waals surface area contributed by atoms with Crippen LogP contribution in [0.3, 0.4) is 0 Å². The van der Waals surface area contributed by atoms with E-state index in [2.05, 4.69) is 6.92 Å². The number of nitrogens with zero attached hydrogens (tertiary/aromatic N) is 1. The molecule has 2 aromatic carbocycles. The number of carboxylic acids is 1. The molecule has 0 aliphatic rings. The van der Waals surface area contributed by atoms with Crippen molar-refractivity contribution in [1.82, 2.24) is 4.98 Å². The molecule has 3 aromatic rings. The molecule has 0 saturated carbocycles. The maximum atomic E-state index is 10.9. The second-order valence-electron chi connectivity index (χ2n) is 4.67. The maximum Gasteiger partial charge on any atom is 0.335 e. The van der Waals surface area contributed by atoms with Crippen LogP contribution in [0.5, 0.6) is 0 Å². The van der Waals surface area contributed by atoms with Gasteiger partial charge in [0.15, 0.2) is 0 Å². The van der Waals surface area contributed by atoms with Crippen molar-refractivity contribution >= 4 is 17.3 Å². The average molecular weight is 295 g/mol. The minimum absolute atomic E-state index is 0.287. The zero-order valence-corrected chi connectivity index (χ0v) is 12.2. The Morgan fingerprint density at radius 3 is 2.29 bits per heavy atom. The summed E-state index contributed by atoms with van der Waals surface area (Å²) in [6.45, 7) is 2.05. The zero-order valence-electron chi connectivity index (χ0n) is 11.4. The van der Waals surface area contributed by atoms with Crippen LogP contribution < -0.4 is 0 Å². The summed E-state index contributed by atoms with van der Waals surface area (Å²) in [4.78, 5) is 16.7. The predicted molar refractivity (Wildman–Crippen MR) is 84.7 cm³/mol. The van der Waals surface area contributed by atoms with Gasteiger partial charge in [0, 0.05) is 16.0 Å². The molecule has 104 valence electrons. The van der Waals surface area contributed by atoms with Crippen LogP contribution in [0.2, 0.25) is 0 Å². The minimum Gasteiger partial charge on any atom is -0.478 e. The fourth-order valence-electron chi connectivity index (χ4n) is 2.14. The van der Waals surface area contributed by atoms with Gasteiger partial charge in [0.05, 0.1) is 11.3 Å². The smallest absolute Gasteiger partial charge is 0.335 e. The number of benzene rings is 2. The summed E-state index contributed by atoms with van der Waals surface area (Å²) in [6, 6.07) is 16.9. The monoisotopic (exact) mass is 295 g/mol. The molecule has 0 radical (unpaired) electrons. The lowest BCUT2D eigenvalue weighted by atomic mass is 10.1. The third-order valence-electron chi connectivity index (χ3n) is 3.22. The van der Waals surface area contributed by atoms with Gasteiger partial charge in [-0.1, -0.05) is 42.5 Å². The van der Waals surface area contributed by atoms with E-state index in [4.69, 9.17) is 10.1 Å². The first-order valence-electron chi connectivity index (χ1n) is 6.52. The minimum atomic E-state index is -0.915. The molecule has 0 amide bonds. The van der Waals surface area contributed by atoms with Crippen molar-refractivity contribution in [3.63, 3.8) is 0 Å². The molecule has 0 saturated heterocycles. The van der Waals surface area contributed by atoms with Gasteiger partial charge in [-0.05, 0) is 19.1 Å². The highest BCUT2D eigenvalue weighted by Crippen LogP contribution is 2.33. The van der Waals surface area contributed by atoms with Crippen LogP contribution in [0.4, 0.5) is 0 Å². The summed E-state index contributed by atoms with van der Waals surface area (Å²) in [5, 5.41) is 9.84. The van der Waals surface area contributed by atoms with Crippen molar-refractivity contribution in [3.05, 3.63) is 65.0 Å². The third kappa shape index (κ3) is 2.71. The number of carboxylic acid groups (broad SMARTS) is 1. The van der Waals surface area contributed by atoms with Crippen LogP contribution in [0, 0.1) is 6.92 Å². The van der Waals surface area contributed by atoms with Gasteiger partial charge in [0.1, 0.15) is 5.01 Å². The van der Waals surface area contributed by atoms with E-state index in [-0.39, 0.29) is 5.56 Å². The Kier molecular flexibility index (Phi) is 3.54. The summed E-state index contributed by atoms with van der Waals surface area (Å²) in [5.41, 5.74) is 3.31. The largest absolute Gasteiger partial charge is 0.478 e. The Labute approximate surface area is 126 Å². The molecule has 1 heterocycles. The quantitative estimate of drug-likeness (QED) is 0.775. The van der Waals surface area contributed by atoms with Crippen molar-refractivity contribution in [3.8, 4) is 21.8 Å². The number of aromatic carboxylic acids is 1. The van der Waals surface area contributed by atoms with Crippen molar-refractivity contribution in [1.29, 1.82) is 0 Å². The van der Waals surface area contributed by atoms with Crippen LogP contribution in [-0.4, -0.2) is 16.1 Å². The molecule has 0 spiro atoms. The molecule has 1 aromatic heterocycles. The van der Waals surface area contributed by atoms with E-state index in [1.807, 2.05) is 30.3 Å². The number of hydrogen-bond donors (Lipinski definition) is 1. The first-order chi connectivity index (χ1) is 10.1. The second kappa shape index (κ2) is 5.50. The van der Waals surface area contributed by atoms with E-state index in [9.17, 15) is 4.79 Å². The standard InChI is InChI=1S/C17H13NO2S/c1-11-15(12-5-3-2-4-6-12)18-16(21-11)13-7-9-14(10-8-13)17(19)20/h2-10H,1H3,(H,19,20). The Hall–Kier alpha value is -2.46. The van der Waals surface area contributed by atoms with Gasteiger partial charge in [-0.3, -0.25) is 0 Å². The third-order valence-corrected chi connectivity index (χ3v) is 4.24. The summed E-state index contributed by atoms with van der Waals surface area (Å²) in [7, 11) is 0. The molecule has 0 bridgehead atoms. The van der Waals surface area contributed by atoms with Crippen LogP contribution in [-0.2, 0) is 0 Å². The van der Waals surface area contributed by atoms with E-state index in [0.717, 1.165) is 26.7 Å². The van der Waals surface area contributed by atoms with E-state index in [1.54, 1.807) is 35.6 Å². The van der Waals surface area contributed by atoms with Crippen molar-refractivity contribution < 1.29 is 9.90 Å². The molecule has 0 atom stereocenters. The molecular formula is C17H13NO2S. The zero-order chi connectivity index (χ0) is 14.8. The first-order valence-corrected chi connectivity index (χ1v) is 7.33. The van der Waals surface area contributed by atoms with Gasteiger partial charge < -0.3 is 5.11 Å². The summed E-state index contributed by atoms with van der Waals surface area (Å²) in [6.07, 6.45) is 0. The Morgan fingerprint density at radius 2 is 1.67 bits per heavy atom. The molecule has 0 unspecified atom stereocenters. The molecule has 4 heteroatoms. The summed E-state index contributed by atoms with van der Waals surface area (Å²) in [5.74, 6) is -0.915. The highest BCUT2D eigenvalue weighted by Gasteiger charge is 2.11. The first kappa shape index (κ1) is 13.5. The number of carbonyl (C=O) groups is 1. The van der Waals surface area contributed by atoms with Gasteiger partial charge in [0.25, 0.3) is 0 Å². The number of rotatable bonds is 3. The highest BCUT2D eigenvalue weighted by molar-refractivity contribution is 7.15. The number of thiazole rings is 1. The van der Waals surface area contributed by atoms with Crippen LogP contribution in [0.25, 0.3) is 21.8 Å². The van der Waals surface area contributed by atoms with Crippen molar-refractivity contribution in [2.45, 2.75) is 6.92 Å². The number of aromatic nitrogens is 1. The SMILES string of the molecule is Cc1sc(-c2ccc(C(=O)O)cc2)nc1-c1ccccc1. The lowest BCUT2D eigenvalue weighted by Crippen LogP contribution is -1.94. The number of aryl methyl sites for hydroxylation is 1. The normalized spacial score (nSPS) is 10.5. The van der Waals surface area contributed by atoms with Gasteiger partial charge >= 0.3 is 5.97 Å². The van der Waals surface area contributed by atoms with Crippen molar-refractivity contribution in [2.24, 2.45) is 0 Å². The molecular weight excluding hydrogens is 282 g/mol. The summed E-state index contributed by atoms with van der Waals surface area (Å²) < 4.78 is 0. The van der Waals surface area contributed by atoms with E-state index >= 15 is 0 Å². The molecule has 0 aliphatic carbocycles. The Balaban J connectivity index is 1.99. The van der Waals surface area contributed by atoms with Crippen LogP contribution in [0.15, 0.2) is 54.6 Å². The maximum absolute atomic E-state index is 10.9. The van der Waals surface area contributed by atoms with Gasteiger partial charge in [-0.2, -0.15) is 0 Å². The highest BCUT2D eigenvalue weighted by atomic mass is 32.1. The van der Waals surface area contributed by atoms with Gasteiger partial charge in [0.2, 0.25) is 0 Å². The molecule has 0 aliphatic heterocycles. The van der Waals surface area contributed by atoms with E-state index in [0.29, 0.717) is 0 Å². The van der Waals surface area contributed by atoms with Crippen molar-refractivity contribution in [2.75, 3.05) is 0 Å². The topological polar surface area (TPSA) is 50.2 Å². The van der Waals surface area contributed by atoms with Gasteiger partial charge in [-0.25, -0.2) is 9.78 Å². The lowest BCUT2D eigenvalue weighted by molar-refractivity contribution is 0.0697. The van der Waals surface area contributed by atoms with E-state index in [1.165, 1.54) is 0 Å². The fraction of sp³-hybridized carbons (Fsp3) is 0.0588. The van der Waals surface area contributed by atoms with Crippen LogP contribution >= 0.6 is 11.3 Å².